The average molecular weight is 364 g/mol. The Morgan fingerprint density at radius 2 is 1.81 bits per heavy atom. The standard InChI is InChI=1S/C20H33N3O3/c1-3-21-20(22-15-10-5-4-9-14-19(24)25-2)23-16-11-17-26-18-12-7-6-8-13-18/h6-8,12-13H,3-5,9-11,14-17H2,1-2H3,(H2,21,22,23). The minimum absolute atomic E-state index is 0.124. The quantitative estimate of drug-likeness (QED) is 0.244. The van der Waals surface area contributed by atoms with E-state index in [0.717, 1.165) is 63.4 Å². The molecule has 1 rings (SSSR count). The second-order valence-electron chi connectivity index (χ2n) is 5.94. The van der Waals surface area contributed by atoms with Crippen molar-refractivity contribution in [1.29, 1.82) is 0 Å². The third-order valence-electron chi connectivity index (χ3n) is 3.76. The summed E-state index contributed by atoms with van der Waals surface area (Å²) in [5.74, 6) is 1.62. The summed E-state index contributed by atoms with van der Waals surface area (Å²) in [6, 6.07) is 9.83. The van der Waals surface area contributed by atoms with Crippen molar-refractivity contribution in [3.05, 3.63) is 30.3 Å². The van der Waals surface area contributed by atoms with Crippen LogP contribution >= 0.6 is 0 Å². The molecule has 0 unspecified atom stereocenters. The molecule has 6 nitrogen and oxygen atoms in total. The van der Waals surface area contributed by atoms with Gasteiger partial charge in [0.2, 0.25) is 0 Å². The molecule has 0 aliphatic rings. The number of para-hydroxylation sites is 1. The van der Waals surface area contributed by atoms with Crippen molar-refractivity contribution in [2.75, 3.05) is 33.4 Å². The van der Waals surface area contributed by atoms with Gasteiger partial charge in [-0.2, -0.15) is 0 Å². The number of carbonyl (C=O) groups excluding carboxylic acids is 1. The zero-order chi connectivity index (χ0) is 18.9. The first kappa shape index (κ1) is 21.8. The van der Waals surface area contributed by atoms with E-state index in [1.807, 2.05) is 30.3 Å². The van der Waals surface area contributed by atoms with Gasteiger partial charge in [-0.25, -0.2) is 0 Å². The van der Waals surface area contributed by atoms with E-state index in [2.05, 4.69) is 27.3 Å². The molecular formula is C20H33N3O3. The zero-order valence-electron chi connectivity index (χ0n) is 16.1. The molecule has 0 spiro atoms. The fourth-order valence-corrected chi connectivity index (χ4v) is 2.36. The summed E-state index contributed by atoms with van der Waals surface area (Å²) >= 11 is 0. The van der Waals surface area contributed by atoms with Crippen LogP contribution in [0.2, 0.25) is 0 Å². The number of benzene rings is 1. The first-order valence-corrected chi connectivity index (χ1v) is 9.53. The Bertz CT molecular complexity index is 506. The van der Waals surface area contributed by atoms with Crippen molar-refractivity contribution in [1.82, 2.24) is 10.6 Å². The van der Waals surface area contributed by atoms with Gasteiger partial charge in [0.05, 0.1) is 13.7 Å². The molecule has 0 atom stereocenters. The summed E-state index contributed by atoms with van der Waals surface area (Å²) in [6.07, 6.45) is 5.47. The van der Waals surface area contributed by atoms with Gasteiger partial charge in [0, 0.05) is 32.5 Å². The number of methoxy groups -OCH3 is 1. The third kappa shape index (κ3) is 11.3. The van der Waals surface area contributed by atoms with Crippen molar-refractivity contribution in [2.24, 2.45) is 4.99 Å². The molecular weight excluding hydrogens is 330 g/mol. The van der Waals surface area contributed by atoms with Gasteiger partial charge in [0.15, 0.2) is 5.96 Å². The van der Waals surface area contributed by atoms with Gasteiger partial charge in [0.25, 0.3) is 0 Å². The van der Waals surface area contributed by atoms with Crippen LogP contribution in [0.1, 0.15) is 45.4 Å². The normalized spacial score (nSPS) is 11.1. The second-order valence-corrected chi connectivity index (χ2v) is 5.94. The topological polar surface area (TPSA) is 72.0 Å². The van der Waals surface area contributed by atoms with Crippen molar-refractivity contribution in [3.8, 4) is 5.75 Å². The lowest BCUT2D eigenvalue weighted by molar-refractivity contribution is -0.140. The molecule has 6 heteroatoms. The number of carbonyl (C=O) groups is 1. The molecule has 0 saturated carbocycles. The van der Waals surface area contributed by atoms with Gasteiger partial charge in [-0.3, -0.25) is 9.79 Å². The minimum Gasteiger partial charge on any atom is -0.494 e. The molecule has 0 aliphatic carbocycles. The summed E-state index contributed by atoms with van der Waals surface area (Å²) in [4.78, 5) is 15.6. The first-order valence-electron chi connectivity index (χ1n) is 9.53. The van der Waals surface area contributed by atoms with E-state index in [9.17, 15) is 4.79 Å². The maximum atomic E-state index is 11.0. The molecule has 0 fully saturated rings. The van der Waals surface area contributed by atoms with Crippen LogP contribution in [0.4, 0.5) is 0 Å². The van der Waals surface area contributed by atoms with Gasteiger partial charge in [0.1, 0.15) is 5.75 Å². The highest BCUT2D eigenvalue weighted by Gasteiger charge is 2.00. The Kier molecular flexibility index (Phi) is 12.6. The molecule has 0 aliphatic heterocycles. The molecule has 146 valence electrons. The summed E-state index contributed by atoms with van der Waals surface area (Å²) < 4.78 is 10.3. The summed E-state index contributed by atoms with van der Waals surface area (Å²) in [5.41, 5.74) is 0. The lowest BCUT2D eigenvalue weighted by atomic mass is 10.1. The molecule has 1 aromatic carbocycles. The van der Waals surface area contributed by atoms with Crippen LogP contribution in [-0.2, 0) is 9.53 Å². The molecule has 0 bridgehead atoms. The number of ether oxygens (including phenoxy) is 2. The number of rotatable bonds is 13. The predicted octanol–water partition coefficient (Wildman–Crippen LogP) is 3.13. The zero-order valence-corrected chi connectivity index (χ0v) is 16.1. The van der Waals surface area contributed by atoms with Crippen LogP contribution in [0.3, 0.4) is 0 Å². The van der Waals surface area contributed by atoms with Crippen LogP contribution in [0, 0.1) is 0 Å². The van der Waals surface area contributed by atoms with E-state index in [1.165, 1.54) is 7.11 Å². The Hall–Kier alpha value is -2.24. The van der Waals surface area contributed by atoms with Crippen LogP contribution in [0.25, 0.3) is 0 Å². The Balaban J connectivity index is 2.09. The monoisotopic (exact) mass is 363 g/mol. The second kappa shape index (κ2) is 15.0. The largest absolute Gasteiger partial charge is 0.494 e. The van der Waals surface area contributed by atoms with E-state index in [0.29, 0.717) is 13.0 Å². The van der Waals surface area contributed by atoms with Gasteiger partial charge >= 0.3 is 5.97 Å². The van der Waals surface area contributed by atoms with Gasteiger partial charge in [-0.15, -0.1) is 0 Å². The molecule has 2 N–H and O–H groups in total. The van der Waals surface area contributed by atoms with E-state index in [1.54, 1.807) is 0 Å². The predicted molar refractivity (Wildman–Crippen MR) is 106 cm³/mol. The number of aliphatic imine (C=N–C) groups is 1. The fraction of sp³-hybridized carbons (Fsp3) is 0.600. The Morgan fingerprint density at radius 1 is 1.04 bits per heavy atom. The number of nitrogens with one attached hydrogen (secondary N) is 2. The molecule has 26 heavy (non-hydrogen) atoms. The van der Waals surface area contributed by atoms with E-state index in [-0.39, 0.29) is 5.97 Å². The molecule has 0 amide bonds. The van der Waals surface area contributed by atoms with Gasteiger partial charge < -0.3 is 20.1 Å². The van der Waals surface area contributed by atoms with Crippen molar-refractivity contribution in [3.63, 3.8) is 0 Å². The number of unbranched alkanes of at least 4 members (excludes halogenated alkanes) is 3. The van der Waals surface area contributed by atoms with Crippen molar-refractivity contribution < 1.29 is 14.3 Å². The van der Waals surface area contributed by atoms with Crippen molar-refractivity contribution >= 4 is 11.9 Å². The van der Waals surface area contributed by atoms with Crippen LogP contribution in [-0.4, -0.2) is 45.3 Å². The SMILES string of the molecule is CCNC(=NCCCOc1ccccc1)NCCCCCCC(=O)OC. The van der Waals surface area contributed by atoms with Crippen molar-refractivity contribution in [2.45, 2.75) is 45.4 Å². The number of hydrogen-bond donors (Lipinski definition) is 2. The molecule has 0 heterocycles. The first-order chi connectivity index (χ1) is 12.8. The third-order valence-corrected chi connectivity index (χ3v) is 3.76. The average Bonchev–Trinajstić information content (AvgIpc) is 2.67. The number of hydrogen-bond acceptors (Lipinski definition) is 4. The summed E-state index contributed by atoms with van der Waals surface area (Å²) in [5, 5.41) is 6.60. The highest BCUT2D eigenvalue weighted by molar-refractivity contribution is 5.79. The fourth-order valence-electron chi connectivity index (χ4n) is 2.36. The summed E-state index contributed by atoms with van der Waals surface area (Å²) in [6.45, 7) is 5.16. The van der Waals surface area contributed by atoms with E-state index < -0.39 is 0 Å². The molecule has 0 saturated heterocycles. The number of guanidine groups is 1. The van der Waals surface area contributed by atoms with Gasteiger partial charge in [-0.05, 0) is 31.9 Å². The smallest absolute Gasteiger partial charge is 0.305 e. The maximum absolute atomic E-state index is 11.0. The highest BCUT2D eigenvalue weighted by Crippen LogP contribution is 2.08. The maximum Gasteiger partial charge on any atom is 0.305 e. The number of nitrogens with zero attached hydrogens (tertiary/aromatic N) is 1. The highest BCUT2D eigenvalue weighted by atomic mass is 16.5. The minimum atomic E-state index is -0.124. The van der Waals surface area contributed by atoms with Crippen LogP contribution in [0.15, 0.2) is 35.3 Å². The molecule has 0 aromatic heterocycles. The van der Waals surface area contributed by atoms with E-state index in [4.69, 9.17) is 4.74 Å². The van der Waals surface area contributed by atoms with Crippen LogP contribution < -0.4 is 15.4 Å². The Morgan fingerprint density at radius 3 is 2.54 bits per heavy atom. The van der Waals surface area contributed by atoms with Crippen LogP contribution in [0.5, 0.6) is 5.75 Å². The van der Waals surface area contributed by atoms with E-state index >= 15 is 0 Å². The number of esters is 1. The lowest BCUT2D eigenvalue weighted by Gasteiger charge is -2.11. The lowest BCUT2D eigenvalue weighted by Crippen LogP contribution is -2.37. The Labute approximate surface area is 157 Å². The summed E-state index contributed by atoms with van der Waals surface area (Å²) in [7, 11) is 1.43. The van der Waals surface area contributed by atoms with Gasteiger partial charge in [-0.1, -0.05) is 31.0 Å². The molecule has 1 aromatic rings. The molecule has 0 radical (unpaired) electrons.